The third-order valence-electron chi connectivity index (χ3n) is 5.57. The predicted molar refractivity (Wildman–Crippen MR) is 72.1 cm³/mol. The molecule has 1 aliphatic carbocycles. The van der Waals surface area contributed by atoms with E-state index in [1.165, 1.54) is 51.5 Å². The Balaban J connectivity index is 1.58. The summed E-state index contributed by atoms with van der Waals surface area (Å²) in [5.41, 5.74) is 0. The fourth-order valence-electron chi connectivity index (χ4n) is 4.60. The summed E-state index contributed by atoms with van der Waals surface area (Å²) < 4.78 is 0. The van der Waals surface area contributed by atoms with Gasteiger partial charge in [0, 0.05) is 24.7 Å². The van der Waals surface area contributed by atoms with E-state index < -0.39 is 0 Å². The van der Waals surface area contributed by atoms with E-state index in [0.29, 0.717) is 0 Å². The summed E-state index contributed by atoms with van der Waals surface area (Å²) in [6, 6.07) is 2.61. The second-order valence-corrected chi connectivity index (χ2v) is 6.82. The first-order valence-electron chi connectivity index (χ1n) is 7.69. The van der Waals surface area contributed by atoms with E-state index in [1.54, 1.807) is 0 Å². The number of piperidine rings is 1. The number of rotatable bonds is 3. The lowest BCUT2D eigenvalue weighted by Crippen LogP contribution is -2.49. The van der Waals surface area contributed by atoms with Gasteiger partial charge in [0.25, 0.3) is 0 Å². The van der Waals surface area contributed by atoms with Crippen LogP contribution >= 0.6 is 0 Å². The van der Waals surface area contributed by atoms with Crippen LogP contribution in [0.15, 0.2) is 0 Å². The van der Waals surface area contributed by atoms with Gasteiger partial charge in [-0.1, -0.05) is 13.3 Å². The fraction of sp³-hybridized carbons (Fsp3) is 1.00. The molecule has 2 heteroatoms. The lowest BCUT2D eigenvalue weighted by molar-refractivity contribution is 0.0998. The highest BCUT2D eigenvalue weighted by molar-refractivity contribution is 4.98. The lowest BCUT2D eigenvalue weighted by Gasteiger charge is -2.40. The molecule has 98 valence electrons. The summed E-state index contributed by atoms with van der Waals surface area (Å²) in [7, 11) is 2.14. The van der Waals surface area contributed by atoms with E-state index >= 15 is 0 Å². The number of fused-ring (bicyclic) bond motifs is 2. The van der Waals surface area contributed by atoms with E-state index in [2.05, 4.69) is 24.2 Å². The Kier molecular flexibility index (Phi) is 3.45. The van der Waals surface area contributed by atoms with Gasteiger partial charge in [-0.2, -0.15) is 0 Å². The monoisotopic (exact) mass is 236 g/mol. The summed E-state index contributed by atoms with van der Waals surface area (Å²) >= 11 is 0. The zero-order valence-electron chi connectivity index (χ0n) is 11.5. The number of hydrogen-bond acceptors (Lipinski definition) is 2. The van der Waals surface area contributed by atoms with E-state index in [9.17, 15) is 0 Å². The van der Waals surface area contributed by atoms with Gasteiger partial charge in [-0.25, -0.2) is 0 Å². The zero-order chi connectivity index (χ0) is 11.8. The van der Waals surface area contributed by atoms with Crippen molar-refractivity contribution in [2.45, 2.75) is 70.0 Å². The number of nitrogens with zero attached hydrogens (tertiary/aromatic N) is 1. The molecule has 3 aliphatic rings. The SMILES string of the molecule is CNC1CC2CCC(C1)N2CC1CCC(C)C1. The Morgan fingerprint density at radius 3 is 2.24 bits per heavy atom. The maximum absolute atomic E-state index is 3.50. The average Bonchev–Trinajstić information content (AvgIpc) is 2.82. The second kappa shape index (κ2) is 4.89. The number of nitrogens with one attached hydrogen (secondary N) is 1. The molecule has 0 spiro atoms. The van der Waals surface area contributed by atoms with Crippen LogP contribution < -0.4 is 5.32 Å². The average molecular weight is 236 g/mol. The minimum atomic E-state index is 0.797. The molecule has 17 heavy (non-hydrogen) atoms. The Morgan fingerprint density at radius 2 is 1.71 bits per heavy atom. The fourth-order valence-corrected chi connectivity index (χ4v) is 4.60. The van der Waals surface area contributed by atoms with Gasteiger partial charge in [-0.3, -0.25) is 4.90 Å². The van der Waals surface area contributed by atoms with Crippen molar-refractivity contribution in [3.63, 3.8) is 0 Å². The molecule has 1 N–H and O–H groups in total. The van der Waals surface area contributed by atoms with Crippen molar-refractivity contribution in [2.24, 2.45) is 11.8 Å². The molecular formula is C15H28N2. The third kappa shape index (κ3) is 2.39. The first kappa shape index (κ1) is 12.0. The first-order valence-corrected chi connectivity index (χ1v) is 7.69. The summed E-state index contributed by atoms with van der Waals surface area (Å²) in [5.74, 6) is 2.01. The lowest BCUT2D eigenvalue weighted by atomic mass is 9.95. The van der Waals surface area contributed by atoms with Crippen molar-refractivity contribution in [2.75, 3.05) is 13.6 Å². The molecule has 2 bridgehead atoms. The normalized spacial score (nSPS) is 46.6. The van der Waals surface area contributed by atoms with Crippen LogP contribution in [0.3, 0.4) is 0 Å². The van der Waals surface area contributed by atoms with Crippen LogP contribution in [-0.4, -0.2) is 36.6 Å². The van der Waals surface area contributed by atoms with Crippen molar-refractivity contribution in [3.05, 3.63) is 0 Å². The largest absolute Gasteiger partial charge is 0.317 e. The molecule has 3 rings (SSSR count). The minimum Gasteiger partial charge on any atom is -0.317 e. The number of hydrogen-bond donors (Lipinski definition) is 1. The van der Waals surface area contributed by atoms with Crippen LogP contribution in [0.4, 0.5) is 0 Å². The van der Waals surface area contributed by atoms with Crippen LogP contribution in [0, 0.1) is 11.8 Å². The van der Waals surface area contributed by atoms with Crippen molar-refractivity contribution < 1.29 is 0 Å². The maximum atomic E-state index is 3.50. The smallest absolute Gasteiger partial charge is 0.0114 e. The van der Waals surface area contributed by atoms with E-state index in [1.807, 2.05) is 0 Å². The minimum absolute atomic E-state index is 0.797. The van der Waals surface area contributed by atoms with Gasteiger partial charge >= 0.3 is 0 Å². The molecule has 4 atom stereocenters. The molecule has 2 nitrogen and oxygen atoms in total. The predicted octanol–water partition coefficient (Wildman–Crippen LogP) is 2.64. The molecule has 0 aromatic rings. The highest BCUT2D eigenvalue weighted by atomic mass is 15.2. The Labute approximate surface area is 106 Å². The summed E-state index contributed by atoms with van der Waals surface area (Å²) in [6.45, 7) is 3.85. The molecule has 0 aromatic carbocycles. The van der Waals surface area contributed by atoms with Gasteiger partial charge in [0.05, 0.1) is 0 Å². The van der Waals surface area contributed by atoms with Crippen LogP contribution in [0.2, 0.25) is 0 Å². The van der Waals surface area contributed by atoms with Gasteiger partial charge < -0.3 is 5.32 Å². The van der Waals surface area contributed by atoms with Gasteiger partial charge in [0.15, 0.2) is 0 Å². The van der Waals surface area contributed by atoms with Crippen LogP contribution in [0.5, 0.6) is 0 Å². The third-order valence-corrected chi connectivity index (χ3v) is 5.57. The van der Waals surface area contributed by atoms with Gasteiger partial charge in [-0.05, 0) is 57.4 Å². The summed E-state index contributed by atoms with van der Waals surface area (Å²) in [5, 5.41) is 3.50. The summed E-state index contributed by atoms with van der Waals surface area (Å²) in [6.07, 6.45) is 10.2. The van der Waals surface area contributed by atoms with Crippen molar-refractivity contribution in [3.8, 4) is 0 Å². The summed E-state index contributed by atoms with van der Waals surface area (Å²) in [4.78, 5) is 2.89. The molecule has 2 saturated heterocycles. The van der Waals surface area contributed by atoms with E-state index in [4.69, 9.17) is 0 Å². The molecule has 0 amide bonds. The van der Waals surface area contributed by atoms with Crippen molar-refractivity contribution in [1.29, 1.82) is 0 Å². The zero-order valence-corrected chi connectivity index (χ0v) is 11.5. The molecule has 4 unspecified atom stereocenters. The standard InChI is InChI=1S/C15H28N2/c1-11-3-4-12(7-11)10-17-14-5-6-15(17)9-13(8-14)16-2/h11-16H,3-10H2,1-2H3. The maximum Gasteiger partial charge on any atom is 0.0114 e. The molecule has 3 fully saturated rings. The van der Waals surface area contributed by atoms with E-state index in [0.717, 1.165) is 30.0 Å². The van der Waals surface area contributed by atoms with Crippen LogP contribution in [0.25, 0.3) is 0 Å². The second-order valence-electron chi connectivity index (χ2n) is 6.82. The Hall–Kier alpha value is -0.0800. The van der Waals surface area contributed by atoms with Crippen molar-refractivity contribution >= 4 is 0 Å². The Bertz CT molecular complexity index is 252. The highest BCUT2D eigenvalue weighted by Crippen LogP contribution is 2.39. The van der Waals surface area contributed by atoms with E-state index in [-0.39, 0.29) is 0 Å². The quantitative estimate of drug-likeness (QED) is 0.810. The Morgan fingerprint density at radius 1 is 1.00 bits per heavy atom. The molecule has 2 aliphatic heterocycles. The molecule has 0 radical (unpaired) electrons. The molecule has 0 aromatic heterocycles. The van der Waals surface area contributed by atoms with Crippen LogP contribution in [-0.2, 0) is 0 Å². The van der Waals surface area contributed by atoms with Gasteiger partial charge in [-0.15, -0.1) is 0 Å². The van der Waals surface area contributed by atoms with Crippen molar-refractivity contribution in [1.82, 2.24) is 10.2 Å². The first-order chi connectivity index (χ1) is 8.26. The van der Waals surface area contributed by atoms with Gasteiger partial charge in [0.2, 0.25) is 0 Å². The highest BCUT2D eigenvalue weighted by Gasteiger charge is 2.41. The molecule has 1 saturated carbocycles. The molecular weight excluding hydrogens is 208 g/mol. The topological polar surface area (TPSA) is 15.3 Å². The molecule has 2 heterocycles. The van der Waals surface area contributed by atoms with Gasteiger partial charge in [0.1, 0.15) is 0 Å². The van der Waals surface area contributed by atoms with Crippen LogP contribution in [0.1, 0.15) is 51.9 Å².